The number of nitrogens with one attached hydrogen (secondary N) is 2. The van der Waals surface area contributed by atoms with Gasteiger partial charge in [0.15, 0.2) is 0 Å². The van der Waals surface area contributed by atoms with Gasteiger partial charge in [-0.25, -0.2) is 0 Å². The number of hydrogen-bond donors (Lipinski definition) is 2. The molecule has 0 saturated heterocycles. The summed E-state index contributed by atoms with van der Waals surface area (Å²) in [5.74, 6) is 0.849. The van der Waals surface area contributed by atoms with Crippen molar-refractivity contribution in [1.29, 1.82) is 0 Å². The van der Waals surface area contributed by atoms with E-state index in [0.29, 0.717) is 12.6 Å². The average molecular weight is 399 g/mol. The topological polar surface area (TPSA) is 57.3 Å². The molecule has 2 heterocycles. The van der Waals surface area contributed by atoms with Crippen molar-refractivity contribution < 1.29 is 4.79 Å². The van der Waals surface area contributed by atoms with E-state index >= 15 is 0 Å². The summed E-state index contributed by atoms with van der Waals surface area (Å²) in [5.41, 5.74) is 5.80. The van der Waals surface area contributed by atoms with Crippen LogP contribution in [0.2, 0.25) is 0 Å². The molecule has 5 rings (SSSR count). The number of nitrogens with zero attached hydrogens (tertiary/aromatic N) is 2. The number of hydrogen-bond acceptors (Lipinski definition) is 4. The molecule has 1 saturated carbocycles. The molecule has 2 aliphatic rings. The Hall–Kier alpha value is -3.34. The molecule has 2 atom stereocenters. The molecule has 0 radical (unpaired) electrons. The molecule has 1 fully saturated rings. The fraction of sp³-hybridized carbons (Fsp3) is 0.280. The first-order valence-electron chi connectivity index (χ1n) is 10.6. The molecule has 1 aromatic heterocycles. The second kappa shape index (κ2) is 7.82. The van der Waals surface area contributed by atoms with E-state index in [1.165, 1.54) is 19.3 Å². The summed E-state index contributed by atoms with van der Waals surface area (Å²) >= 11 is 0. The smallest absolute Gasteiger partial charge is 0.258 e. The third kappa shape index (κ3) is 3.75. The van der Waals surface area contributed by atoms with Gasteiger partial charge in [0.05, 0.1) is 6.54 Å². The number of rotatable bonds is 5. The lowest BCUT2D eigenvalue weighted by Gasteiger charge is -2.19. The molecule has 152 valence electrons. The highest BCUT2D eigenvalue weighted by Gasteiger charge is 2.29. The Balaban J connectivity index is 1.33. The van der Waals surface area contributed by atoms with Crippen LogP contribution in [0, 0.1) is 5.92 Å². The largest absolute Gasteiger partial charge is 0.382 e. The highest BCUT2D eigenvalue weighted by molar-refractivity contribution is 6.10. The first-order chi connectivity index (χ1) is 14.7. The molecular weight excluding hydrogens is 372 g/mol. The van der Waals surface area contributed by atoms with Crippen LogP contribution >= 0.6 is 0 Å². The van der Waals surface area contributed by atoms with Gasteiger partial charge in [0.25, 0.3) is 5.91 Å². The van der Waals surface area contributed by atoms with E-state index in [-0.39, 0.29) is 5.91 Å². The second-order valence-electron chi connectivity index (χ2n) is 8.43. The molecule has 2 aromatic carbocycles. The number of pyridine rings is 1. The quantitative estimate of drug-likeness (QED) is 0.588. The van der Waals surface area contributed by atoms with Crippen LogP contribution in [0.5, 0.6) is 0 Å². The molecule has 2 N–H and O–H groups in total. The van der Waals surface area contributed by atoms with Crippen LogP contribution in [0.15, 0.2) is 67.0 Å². The van der Waals surface area contributed by atoms with Crippen LogP contribution in [0.1, 0.15) is 42.1 Å². The Labute approximate surface area is 177 Å². The summed E-state index contributed by atoms with van der Waals surface area (Å²) in [5, 5.41) is 7.03. The minimum Gasteiger partial charge on any atom is -0.382 e. The van der Waals surface area contributed by atoms with Gasteiger partial charge in [-0.1, -0.05) is 13.0 Å². The van der Waals surface area contributed by atoms with Crippen molar-refractivity contribution in [2.75, 3.05) is 15.5 Å². The molecule has 0 spiro atoms. The molecule has 1 aliphatic carbocycles. The Morgan fingerprint density at radius 2 is 1.83 bits per heavy atom. The van der Waals surface area contributed by atoms with Crippen molar-refractivity contribution in [3.05, 3.63) is 78.1 Å². The maximum absolute atomic E-state index is 13.0. The molecule has 30 heavy (non-hydrogen) atoms. The SMILES string of the molecule is CC1CCC(Nc2cccc(N3Cc4cc(Nc5ccncc5)ccc4C3=O)c2)C1. The molecule has 3 aromatic rings. The average Bonchev–Trinajstić information content (AvgIpc) is 3.31. The number of carbonyl (C=O) groups excluding carboxylic acids is 1. The molecule has 5 heteroatoms. The van der Waals surface area contributed by atoms with Gasteiger partial charge in [-0.3, -0.25) is 9.78 Å². The summed E-state index contributed by atoms with van der Waals surface area (Å²) in [6, 6.07) is 18.6. The van der Waals surface area contributed by atoms with Crippen LogP contribution in [-0.4, -0.2) is 16.9 Å². The van der Waals surface area contributed by atoms with Crippen LogP contribution < -0.4 is 15.5 Å². The van der Waals surface area contributed by atoms with E-state index in [2.05, 4.69) is 40.7 Å². The number of amides is 1. The summed E-state index contributed by atoms with van der Waals surface area (Å²) in [6.45, 7) is 2.90. The Morgan fingerprint density at radius 3 is 2.63 bits per heavy atom. The van der Waals surface area contributed by atoms with Crippen molar-refractivity contribution >= 4 is 28.7 Å². The predicted molar refractivity (Wildman–Crippen MR) is 121 cm³/mol. The number of carbonyl (C=O) groups is 1. The molecule has 2 unspecified atom stereocenters. The van der Waals surface area contributed by atoms with Crippen LogP contribution in [-0.2, 0) is 6.54 Å². The molecule has 1 aliphatic heterocycles. The normalized spacial score (nSPS) is 20.3. The first kappa shape index (κ1) is 18.7. The third-order valence-corrected chi connectivity index (χ3v) is 6.10. The molecular formula is C25H26N4O. The number of fused-ring (bicyclic) bond motifs is 1. The third-order valence-electron chi connectivity index (χ3n) is 6.10. The van der Waals surface area contributed by atoms with Crippen LogP contribution in [0.25, 0.3) is 0 Å². The molecule has 1 amide bonds. The van der Waals surface area contributed by atoms with Gasteiger partial charge < -0.3 is 15.5 Å². The summed E-state index contributed by atoms with van der Waals surface area (Å²) in [4.78, 5) is 19.0. The lowest BCUT2D eigenvalue weighted by Crippen LogP contribution is -2.23. The number of aromatic nitrogens is 1. The van der Waals surface area contributed by atoms with Gasteiger partial charge in [-0.15, -0.1) is 0 Å². The Bertz CT molecular complexity index is 1070. The van der Waals surface area contributed by atoms with Crippen LogP contribution in [0.4, 0.5) is 22.7 Å². The summed E-state index contributed by atoms with van der Waals surface area (Å²) in [6.07, 6.45) is 7.23. The van der Waals surface area contributed by atoms with E-state index in [1.54, 1.807) is 12.4 Å². The maximum Gasteiger partial charge on any atom is 0.258 e. The monoisotopic (exact) mass is 398 g/mol. The maximum atomic E-state index is 13.0. The lowest BCUT2D eigenvalue weighted by molar-refractivity contribution is 0.0996. The minimum absolute atomic E-state index is 0.0621. The minimum atomic E-state index is 0.0621. The molecule has 0 bridgehead atoms. The van der Waals surface area contributed by atoms with Gasteiger partial charge in [-0.2, -0.15) is 0 Å². The zero-order valence-corrected chi connectivity index (χ0v) is 17.1. The Morgan fingerprint density at radius 1 is 0.967 bits per heavy atom. The van der Waals surface area contributed by atoms with Crippen molar-refractivity contribution in [2.45, 2.75) is 38.8 Å². The lowest BCUT2D eigenvalue weighted by atomic mass is 10.1. The zero-order valence-electron chi connectivity index (χ0n) is 17.1. The van der Waals surface area contributed by atoms with Crippen molar-refractivity contribution in [1.82, 2.24) is 4.98 Å². The second-order valence-corrected chi connectivity index (χ2v) is 8.43. The molecule has 5 nitrogen and oxygen atoms in total. The number of anilines is 4. The van der Waals surface area contributed by atoms with Crippen molar-refractivity contribution in [3.8, 4) is 0 Å². The van der Waals surface area contributed by atoms with E-state index in [0.717, 1.165) is 39.8 Å². The van der Waals surface area contributed by atoms with Crippen LogP contribution in [0.3, 0.4) is 0 Å². The van der Waals surface area contributed by atoms with E-state index in [1.807, 2.05) is 41.3 Å². The highest BCUT2D eigenvalue weighted by Crippen LogP contribution is 2.33. The standard InChI is InChI=1S/C25H26N4O/c1-17-5-6-21(13-17)28-20-3-2-4-23(15-20)29-16-18-14-22(7-8-24(18)25(29)30)27-19-9-11-26-12-10-19/h2-4,7-12,14-15,17,21,28H,5-6,13,16H2,1H3,(H,26,27). The fourth-order valence-corrected chi connectivity index (χ4v) is 4.55. The van der Waals surface area contributed by atoms with Crippen molar-refractivity contribution in [3.63, 3.8) is 0 Å². The van der Waals surface area contributed by atoms with Gasteiger partial charge >= 0.3 is 0 Å². The van der Waals surface area contributed by atoms with Gasteiger partial charge in [0.2, 0.25) is 0 Å². The van der Waals surface area contributed by atoms with E-state index in [4.69, 9.17) is 0 Å². The Kier molecular flexibility index (Phi) is 4.87. The first-order valence-corrected chi connectivity index (χ1v) is 10.6. The van der Waals surface area contributed by atoms with Gasteiger partial charge in [0.1, 0.15) is 0 Å². The van der Waals surface area contributed by atoms with E-state index < -0.39 is 0 Å². The number of benzene rings is 2. The predicted octanol–water partition coefficient (Wildman–Crippen LogP) is 5.59. The highest BCUT2D eigenvalue weighted by atomic mass is 16.2. The summed E-state index contributed by atoms with van der Waals surface area (Å²) in [7, 11) is 0. The summed E-state index contributed by atoms with van der Waals surface area (Å²) < 4.78 is 0. The van der Waals surface area contributed by atoms with Crippen molar-refractivity contribution in [2.24, 2.45) is 5.92 Å². The van der Waals surface area contributed by atoms with Gasteiger partial charge in [0, 0.05) is 46.7 Å². The van der Waals surface area contributed by atoms with Gasteiger partial charge in [-0.05, 0) is 79.3 Å². The van der Waals surface area contributed by atoms with E-state index in [9.17, 15) is 4.79 Å². The fourth-order valence-electron chi connectivity index (χ4n) is 4.55. The zero-order chi connectivity index (χ0) is 20.5.